The van der Waals surface area contributed by atoms with Crippen molar-refractivity contribution in [1.29, 1.82) is 0 Å². The number of methoxy groups -OCH3 is 1. The van der Waals surface area contributed by atoms with Crippen LogP contribution < -0.4 is 4.74 Å². The van der Waals surface area contributed by atoms with Crippen LogP contribution in [0, 0.1) is 0 Å². The fourth-order valence-corrected chi connectivity index (χ4v) is 3.99. The molecule has 0 aliphatic carbocycles. The first-order chi connectivity index (χ1) is 10.2. The topological polar surface area (TPSA) is 9.23 Å². The summed E-state index contributed by atoms with van der Waals surface area (Å²) in [6.45, 7) is 2.34. The van der Waals surface area contributed by atoms with Crippen molar-refractivity contribution in [2.24, 2.45) is 0 Å². The normalized spacial score (nSPS) is 24.8. The minimum absolute atomic E-state index is 0.139. The summed E-state index contributed by atoms with van der Waals surface area (Å²) in [6, 6.07) is 19.2. The minimum atomic E-state index is 0.139. The fraction of sp³-hybridized carbons (Fsp3) is 0.263. The van der Waals surface area contributed by atoms with E-state index in [1.165, 1.54) is 11.1 Å². The second kappa shape index (κ2) is 5.98. The smallest absolute Gasteiger partial charge is 0.118 e. The zero-order valence-electron chi connectivity index (χ0n) is 12.5. The van der Waals surface area contributed by atoms with Gasteiger partial charge in [0, 0.05) is 10.7 Å². The molecule has 0 unspecified atom stereocenters. The second-order valence-electron chi connectivity index (χ2n) is 5.63. The number of rotatable bonds is 3. The van der Waals surface area contributed by atoms with Gasteiger partial charge < -0.3 is 4.74 Å². The highest BCUT2D eigenvalue weighted by molar-refractivity contribution is 8.03. The van der Waals surface area contributed by atoms with Gasteiger partial charge in [-0.3, -0.25) is 0 Å². The van der Waals surface area contributed by atoms with Crippen molar-refractivity contribution in [3.63, 3.8) is 0 Å². The molecule has 1 aliphatic heterocycles. The molecule has 1 heterocycles. The number of hydrogen-bond donors (Lipinski definition) is 0. The minimum Gasteiger partial charge on any atom is -0.497 e. The highest BCUT2D eigenvalue weighted by Crippen LogP contribution is 2.48. The Hall–Kier alpha value is -1.67. The van der Waals surface area contributed by atoms with E-state index >= 15 is 0 Å². The van der Waals surface area contributed by atoms with Crippen molar-refractivity contribution in [3.8, 4) is 5.75 Å². The van der Waals surface area contributed by atoms with E-state index in [0.29, 0.717) is 5.92 Å². The molecule has 0 bridgehead atoms. The van der Waals surface area contributed by atoms with Gasteiger partial charge in [-0.05, 0) is 42.0 Å². The van der Waals surface area contributed by atoms with Crippen LogP contribution in [0.1, 0.15) is 30.4 Å². The molecule has 108 valence electrons. The fourth-order valence-electron chi connectivity index (χ4n) is 2.88. The van der Waals surface area contributed by atoms with Gasteiger partial charge in [0.2, 0.25) is 0 Å². The van der Waals surface area contributed by atoms with E-state index in [-0.39, 0.29) is 4.75 Å². The summed E-state index contributed by atoms with van der Waals surface area (Å²) in [7, 11) is 1.71. The van der Waals surface area contributed by atoms with Gasteiger partial charge in [0.25, 0.3) is 0 Å². The SMILES string of the molecule is COc1ccc([C@@H]2C=CS[C@](C)(c3ccccc3)C2)cc1. The van der Waals surface area contributed by atoms with Crippen molar-refractivity contribution in [3.05, 3.63) is 77.2 Å². The van der Waals surface area contributed by atoms with E-state index in [1.807, 2.05) is 23.9 Å². The Balaban J connectivity index is 1.85. The van der Waals surface area contributed by atoms with Gasteiger partial charge in [0.05, 0.1) is 7.11 Å². The van der Waals surface area contributed by atoms with Crippen molar-refractivity contribution in [2.75, 3.05) is 7.11 Å². The predicted molar refractivity (Wildman–Crippen MR) is 90.9 cm³/mol. The van der Waals surface area contributed by atoms with Crippen LogP contribution in [-0.4, -0.2) is 7.11 Å². The van der Waals surface area contributed by atoms with Gasteiger partial charge in [0.15, 0.2) is 0 Å². The average molecular weight is 296 g/mol. The van der Waals surface area contributed by atoms with Crippen LogP contribution >= 0.6 is 11.8 Å². The lowest BCUT2D eigenvalue weighted by Gasteiger charge is -2.35. The lowest BCUT2D eigenvalue weighted by atomic mass is 9.85. The third-order valence-corrected chi connectivity index (χ3v) is 5.39. The lowest BCUT2D eigenvalue weighted by Crippen LogP contribution is -2.22. The Morgan fingerprint density at radius 3 is 2.43 bits per heavy atom. The Morgan fingerprint density at radius 1 is 1.05 bits per heavy atom. The molecule has 2 aromatic rings. The summed E-state index contributed by atoms with van der Waals surface area (Å²) in [5.41, 5.74) is 2.76. The molecule has 0 saturated carbocycles. The molecule has 0 aromatic heterocycles. The highest BCUT2D eigenvalue weighted by atomic mass is 32.2. The molecule has 21 heavy (non-hydrogen) atoms. The highest BCUT2D eigenvalue weighted by Gasteiger charge is 2.32. The van der Waals surface area contributed by atoms with Gasteiger partial charge >= 0.3 is 0 Å². The Labute approximate surface area is 131 Å². The zero-order valence-corrected chi connectivity index (χ0v) is 13.3. The van der Waals surface area contributed by atoms with Crippen molar-refractivity contribution in [2.45, 2.75) is 24.0 Å². The molecule has 0 amide bonds. The summed E-state index contributed by atoms with van der Waals surface area (Å²) in [5.74, 6) is 1.38. The maximum absolute atomic E-state index is 5.24. The third kappa shape index (κ3) is 3.01. The Bertz CT molecular complexity index is 618. The van der Waals surface area contributed by atoms with Crippen LogP contribution in [0.15, 0.2) is 66.1 Å². The first-order valence-electron chi connectivity index (χ1n) is 7.25. The van der Waals surface area contributed by atoms with Crippen LogP contribution in [-0.2, 0) is 4.75 Å². The molecule has 2 heteroatoms. The quantitative estimate of drug-likeness (QED) is 0.755. The van der Waals surface area contributed by atoms with Crippen molar-refractivity contribution in [1.82, 2.24) is 0 Å². The summed E-state index contributed by atoms with van der Waals surface area (Å²) in [4.78, 5) is 0. The molecular formula is C19H20OS. The largest absolute Gasteiger partial charge is 0.497 e. The summed E-state index contributed by atoms with van der Waals surface area (Å²) < 4.78 is 5.38. The van der Waals surface area contributed by atoms with E-state index in [4.69, 9.17) is 4.74 Å². The Kier molecular flexibility index (Phi) is 4.07. The lowest BCUT2D eigenvalue weighted by molar-refractivity contribution is 0.414. The van der Waals surface area contributed by atoms with Crippen molar-refractivity contribution >= 4 is 11.8 Å². The molecule has 0 fully saturated rings. The van der Waals surface area contributed by atoms with Crippen LogP contribution in [0.4, 0.5) is 0 Å². The number of ether oxygens (including phenoxy) is 1. The molecule has 2 aromatic carbocycles. The first kappa shape index (κ1) is 14.3. The maximum Gasteiger partial charge on any atom is 0.118 e. The molecule has 2 atom stereocenters. The molecule has 1 aliphatic rings. The summed E-state index contributed by atoms with van der Waals surface area (Å²) in [6.07, 6.45) is 3.43. The Morgan fingerprint density at radius 2 is 1.76 bits per heavy atom. The predicted octanol–water partition coefficient (Wildman–Crippen LogP) is 5.34. The van der Waals surface area contributed by atoms with Crippen LogP contribution in [0.25, 0.3) is 0 Å². The van der Waals surface area contributed by atoms with Gasteiger partial charge in [-0.15, -0.1) is 11.8 Å². The van der Waals surface area contributed by atoms with E-state index in [2.05, 4.69) is 60.9 Å². The second-order valence-corrected chi connectivity index (χ2v) is 7.04. The van der Waals surface area contributed by atoms with E-state index in [9.17, 15) is 0 Å². The molecule has 0 spiro atoms. The standard InChI is InChI=1S/C19H20OS/c1-19(17-6-4-3-5-7-17)14-16(12-13-21-19)15-8-10-18(20-2)11-9-15/h3-13,16H,14H2,1-2H3/t16-,19+/m1/s1. The average Bonchev–Trinajstić information content (AvgIpc) is 2.56. The molecular weight excluding hydrogens is 276 g/mol. The van der Waals surface area contributed by atoms with E-state index in [0.717, 1.165) is 12.2 Å². The number of hydrogen-bond acceptors (Lipinski definition) is 2. The van der Waals surface area contributed by atoms with E-state index < -0.39 is 0 Å². The number of benzene rings is 2. The van der Waals surface area contributed by atoms with Crippen LogP contribution in [0.5, 0.6) is 5.75 Å². The van der Waals surface area contributed by atoms with Gasteiger partial charge in [-0.2, -0.15) is 0 Å². The zero-order chi connectivity index (χ0) is 14.7. The molecule has 0 N–H and O–H groups in total. The maximum atomic E-state index is 5.24. The van der Waals surface area contributed by atoms with Gasteiger partial charge in [-0.25, -0.2) is 0 Å². The molecule has 0 saturated heterocycles. The molecule has 0 radical (unpaired) electrons. The van der Waals surface area contributed by atoms with Crippen LogP contribution in [0.3, 0.4) is 0 Å². The summed E-state index contributed by atoms with van der Waals surface area (Å²) in [5, 5.41) is 2.26. The molecule has 1 nitrogen and oxygen atoms in total. The first-order valence-corrected chi connectivity index (χ1v) is 8.13. The van der Waals surface area contributed by atoms with Crippen LogP contribution in [0.2, 0.25) is 0 Å². The third-order valence-electron chi connectivity index (χ3n) is 4.18. The van der Waals surface area contributed by atoms with Crippen molar-refractivity contribution < 1.29 is 4.74 Å². The number of allylic oxidation sites excluding steroid dienone is 1. The van der Waals surface area contributed by atoms with Gasteiger partial charge in [-0.1, -0.05) is 48.5 Å². The number of thioether (sulfide) groups is 1. The summed E-state index contributed by atoms with van der Waals surface area (Å²) >= 11 is 1.92. The van der Waals surface area contributed by atoms with E-state index in [1.54, 1.807) is 7.11 Å². The monoisotopic (exact) mass is 296 g/mol. The van der Waals surface area contributed by atoms with Gasteiger partial charge in [0.1, 0.15) is 5.75 Å². The molecule has 3 rings (SSSR count).